The van der Waals surface area contributed by atoms with Crippen LogP contribution in [0.1, 0.15) is 11.1 Å². The number of fused-ring (bicyclic) bond motifs is 1. The molecule has 3 heterocycles. The maximum Gasteiger partial charge on any atom is 0.294 e. The molecule has 2 fully saturated rings. The van der Waals surface area contributed by atoms with Crippen LogP contribution in [0.5, 0.6) is 0 Å². The Labute approximate surface area is 199 Å². The second-order valence-electron chi connectivity index (χ2n) is 8.08. The van der Waals surface area contributed by atoms with E-state index in [0.717, 1.165) is 33.1 Å². The molecule has 0 aliphatic carbocycles. The van der Waals surface area contributed by atoms with E-state index in [2.05, 4.69) is 0 Å². The number of thioether (sulfide) groups is 1. The third-order valence-corrected chi connectivity index (χ3v) is 6.84. The molecule has 2 aliphatic heterocycles. The van der Waals surface area contributed by atoms with Gasteiger partial charge >= 0.3 is 0 Å². The van der Waals surface area contributed by atoms with Crippen LogP contribution in [-0.2, 0) is 20.9 Å². The molecule has 3 amide bonds. The minimum Gasteiger partial charge on any atom is -0.378 e. The Kier molecular flexibility index (Phi) is 6.21. The van der Waals surface area contributed by atoms with Crippen molar-refractivity contribution in [3.05, 3.63) is 76.6 Å². The summed E-state index contributed by atoms with van der Waals surface area (Å²) in [5.41, 5.74) is 2.19. The number of amides is 3. The number of morpholine rings is 1. The van der Waals surface area contributed by atoms with Crippen molar-refractivity contribution in [2.75, 3.05) is 32.8 Å². The summed E-state index contributed by atoms with van der Waals surface area (Å²) in [7, 11) is 0. The number of hydrogen-bond acceptors (Lipinski definition) is 5. The largest absolute Gasteiger partial charge is 0.378 e. The third-order valence-electron chi connectivity index (χ3n) is 5.94. The van der Waals surface area contributed by atoms with Gasteiger partial charge in [-0.25, -0.2) is 4.39 Å². The molecule has 2 saturated heterocycles. The van der Waals surface area contributed by atoms with Crippen molar-refractivity contribution >= 4 is 45.8 Å². The van der Waals surface area contributed by atoms with E-state index in [0.29, 0.717) is 38.4 Å². The number of aromatic nitrogens is 1. The van der Waals surface area contributed by atoms with Crippen LogP contribution in [0.3, 0.4) is 0 Å². The normalized spacial score (nSPS) is 17.9. The molecule has 7 nitrogen and oxygen atoms in total. The number of imide groups is 1. The molecular weight excluding hydrogens is 457 g/mol. The highest BCUT2D eigenvalue weighted by Gasteiger charge is 2.37. The van der Waals surface area contributed by atoms with Crippen molar-refractivity contribution in [2.24, 2.45) is 0 Å². The van der Waals surface area contributed by atoms with Crippen LogP contribution < -0.4 is 0 Å². The van der Waals surface area contributed by atoms with Crippen molar-refractivity contribution < 1.29 is 23.5 Å². The number of para-hydroxylation sites is 1. The van der Waals surface area contributed by atoms with Crippen molar-refractivity contribution in [1.82, 2.24) is 14.4 Å². The molecule has 1 aromatic heterocycles. The molecule has 0 radical (unpaired) electrons. The van der Waals surface area contributed by atoms with Gasteiger partial charge in [-0.3, -0.25) is 19.3 Å². The molecule has 3 aromatic rings. The zero-order valence-electron chi connectivity index (χ0n) is 18.3. The van der Waals surface area contributed by atoms with E-state index in [-0.39, 0.29) is 23.2 Å². The van der Waals surface area contributed by atoms with Gasteiger partial charge in [-0.15, -0.1) is 0 Å². The predicted molar refractivity (Wildman–Crippen MR) is 128 cm³/mol. The number of hydrogen-bond donors (Lipinski definition) is 0. The van der Waals surface area contributed by atoms with Gasteiger partial charge in [-0.05, 0) is 30.0 Å². The molecular formula is C25H22FN3O4S. The average molecular weight is 480 g/mol. The van der Waals surface area contributed by atoms with Crippen molar-refractivity contribution in [3.8, 4) is 0 Å². The van der Waals surface area contributed by atoms with Crippen LogP contribution in [-0.4, -0.2) is 64.3 Å². The highest BCUT2D eigenvalue weighted by Crippen LogP contribution is 2.34. The van der Waals surface area contributed by atoms with Crippen LogP contribution in [0, 0.1) is 5.82 Å². The fourth-order valence-electron chi connectivity index (χ4n) is 4.16. The van der Waals surface area contributed by atoms with E-state index in [1.807, 2.05) is 35.0 Å². The van der Waals surface area contributed by atoms with Gasteiger partial charge in [0, 0.05) is 41.3 Å². The molecule has 0 spiro atoms. The molecule has 174 valence electrons. The first kappa shape index (κ1) is 22.4. The fourth-order valence-corrected chi connectivity index (χ4v) is 4.99. The van der Waals surface area contributed by atoms with E-state index >= 15 is 0 Å². The average Bonchev–Trinajstić information content (AvgIpc) is 3.33. The summed E-state index contributed by atoms with van der Waals surface area (Å²) in [4.78, 5) is 40.9. The highest BCUT2D eigenvalue weighted by atomic mass is 32.2. The predicted octanol–water partition coefficient (Wildman–Crippen LogP) is 3.72. The van der Waals surface area contributed by atoms with Crippen LogP contribution in [0.4, 0.5) is 9.18 Å². The van der Waals surface area contributed by atoms with Crippen molar-refractivity contribution in [2.45, 2.75) is 6.54 Å². The minimum absolute atomic E-state index is 0.258. The van der Waals surface area contributed by atoms with Gasteiger partial charge in [0.05, 0.1) is 24.7 Å². The Morgan fingerprint density at radius 1 is 1.06 bits per heavy atom. The number of ether oxygens (including phenoxy) is 1. The zero-order valence-corrected chi connectivity index (χ0v) is 19.1. The van der Waals surface area contributed by atoms with E-state index < -0.39 is 11.1 Å². The van der Waals surface area contributed by atoms with Crippen molar-refractivity contribution in [1.29, 1.82) is 0 Å². The Bertz CT molecular complexity index is 1310. The quantitative estimate of drug-likeness (QED) is 0.522. The van der Waals surface area contributed by atoms with Gasteiger partial charge in [-0.2, -0.15) is 0 Å². The fraction of sp³-hybridized carbons (Fsp3) is 0.240. The highest BCUT2D eigenvalue weighted by molar-refractivity contribution is 8.18. The summed E-state index contributed by atoms with van der Waals surface area (Å²) in [6.07, 6.45) is 3.52. The number of halogens is 1. The Hall–Kier alpha value is -3.43. The lowest BCUT2D eigenvalue weighted by Gasteiger charge is -2.28. The number of carbonyl (C=O) groups is 3. The summed E-state index contributed by atoms with van der Waals surface area (Å²) in [6, 6.07) is 14.2. The maximum absolute atomic E-state index is 14.2. The van der Waals surface area contributed by atoms with Crippen LogP contribution in [0.15, 0.2) is 59.6 Å². The van der Waals surface area contributed by atoms with Gasteiger partial charge in [0.1, 0.15) is 12.4 Å². The van der Waals surface area contributed by atoms with Crippen LogP contribution in [0.2, 0.25) is 0 Å². The number of rotatable bonds is 5. The summed E-state index contributed by atoms with van der Waals surface area (Å²) in [5.74, 6) is -1.04. The summed E-state index contributed by atoms with van der Waals surface area (Å²) in [5, 5.41) is 0.419. The summed E-state index contributed by atoms with van der Waals surface area (Å²) >= 11 is 0.823. The smallest absolute Gasteiger partial charge is 0.294 e. The molecule has 0 atom stereocenters. The van der Waals surface area contributed by atoms with Gasteiger partial charge < -0.3 is 14.2 Å². The van der Waals surface area contributed by atoms with Gasteiger partial charge in [0.2, 0.25) is 5.91 Å². The third kappa shape index (κ3) is 4.36. The molecule has 34 heavy (non-hydrogen) atoms. The Morgan fingerprint density at radius 2 is 1.79 bits per heavy atom. The second kappa shape index (κ2) is 9.44. The lowest BCUT2D eigenvalue weighted by atomic mass is 10.1. The first-order valence-corrected chi connectivity index (χ1v) is 11.7. The standard InChI is InChI=1S/C25H22FN3O4S/c26-20-7-3-1-5-17(20)14-28-15-18(19-6-2-4-8-21(19)28)13-22-24(31)29(25(32)34-22)16-23(30)27-9-11-33-12-10-27/h1-8,13,15H,9-12,14,16H2/b22-13-. The topological polar surface area (TPSA) is 71.9 Å². The first-order chi connectivity index (χ1) is 16.5. The number of benzene rings is 2. The zero-order chi connectivity index (χ0) is 23.7. The maximum atomic E-state index is 14.2. The lowest BCUT2D eigenvalue weighted by Crippen LogP contribution is -2.46. The molecule has 9 heteroatoms. The monoisotopic (exact) mass is 479 g/mol. The summed E-state index contributed by atoms with van der Waals surface area (Å²) in [6.45, 7) is 1.85. The van der Waals surface area contributed by atoms with Crippen molar-refractivity contribution in [3.63, 3.8) is 0 Å². The van der Waals surface area contributed by atoms with E-state index in [1.165, 1.54) is 6.07 Å². The molecule has 0 saturated carbocycles. The van der Waals surface area contributed by atoms with Gasteiger partial charge in [0.25, 0.3) is 11.1 Å². The number of nitrogens with zero attached hydrogens (tertiary/aromatic N) is 3. The Balaban J connectivity index is 1.41. The minimum atomic E-state index is -0.484. The number of carbonyl (C=O) groups excluding carboxylic acids is 3. The molecule has 0 bridgehead atoms. The molecule has 0 N–H and O–H groups in total. The molecule has 5 rings (SSSR count). The lowest BCUT2D eigenvalue weighted by molar-refractivity contribution is -0.139. The first-order valence-electron chi connectivity index (χ1n) is 10.9. The van der Waals surface area contributed by atoms with E-state index in [1.54, 1.807) is 29.2 Å². The second-order valence-corrected chi connectivity index (χ2v) is 9.08. The van der Waals surface area contributed by atoms with Crippen LogP contribution in [0.25, 0.3) is 17.0 Å². The molecule has 2 aliphatic rings. The Morgan fingerprint density at radius 3 is 2.59 bits per heavy atom. The van der Waals surface area contributed by atoms with Gasteiger partial charge in [0.15, 0.2) is 0 Å². The summed E-state index contributed by atoms with van der Waals surface area (Å²) < 4.78 is 21.4. The molecule has 2 aromatic carbocycles. The van der Waals surface area contributed by atoms with Gasteiger partial charge in [-0.1, -0.05) is 36.4 Å². The SMILES string of the molecule is O=C(CN1C(=O)S/C(=C\c2cn(Cc3ccccc3F)c3ccccc23)C1=O)N1CCOCC1. The molecule has 0 unspecified atom stereocenters. The van der Waals surface area contributed by atoms with E-state index in [4.69, 9.17) is 4.74 Å². The van der Waals surface area contributed by atoms with E-state index in [9.17, 15) is 18.8 Å². The van der Waals surface area contributed by atoms with Crippen LogP contribution >= 0.6 is 11.8 Å².